The van der Waals surface area contributed by atoms with Gasteiger partial charge in [-0.05, 0) is 25.1 Å². The second-order valence-electron chi connectivity index (χ2n) is 5.10. The van der Waals surface area contributed by atoms with E-state index in [4.69, 9.17) is 0 Å². The maximum absolute atomic E-state index is 13.3. The van der Waals surface area contributed by atoms with Crippen molar-refractivity contribution >= 4 is 22.4 Å². The van der Waals surface area contributed by atoms with Gasteiger partial charge in [-0.1, -0.05) is 18.2 Å². The van der Waals surface area contributed by atoms with Crippen LogP contribution in [-0.4, -0.2) is 15.7 Å². The van der Waals surface area contributed by atoms with Gasteiger partial charge in [0.15, 0.2) is 17.3 Å². The van der Waals surface area contributed by atoms with Gasteiger partial charge in [0.05, 0.1) is 5.39 Å². The fourth-order valence-corrected chi connectivity index (χ4v) is 2.38. The number of halogens is 2. The minimum atomic E-state index is -1.07. The van der Waals surface area contributed by atoms with Crippen molar-refractivity contribution in [3.63, 3.8) is 0 Å². The quantitative estimate of drug-likeness (QED) is 0.803. The number of nitrogens with zero attached hydrogens (tertiary/aromatic N) is 2. The first-order chi connectivity index (χ1) is 11.5. The van der Waals surface area contributed by atoms with Crippen molar-refractivity contribution in [3.8, 4) is 0 Å². The molecule has 0 atom stereocenters. The van der Waals surface area contributed by atoms with E-state index in [0.717, 1.165) is 12.1 Å². The number of carbonyl (C=O) groups is 1. The van der Waals surface area contributed by atoms with E-state index < -0.39 is 17.5 Å². The zero-order chi connectivity index (χ0) is 17.3. The molecule has 0 aliphatic rings. The summed E-state index contributed by atoms with van der Waals surface area (Å²) in [6.07, 6.45) is 0. The number of nitrogens with one attached hydrogen (secondary N) is 1. The summed E-state index contributed by atoms with van der Waals surface area (Å²) in [5, 5.41) is 7.31. The van der Waals surface area contributed by atoms with Crippen LogP contribution < -0.4 is 10.9 Å². The molecular formula is C17H13F2N3O2. The molecule has 0 fully saturated rings. The third kappa shape index (κ3) is 2.76. The summed E-state index contributed by atoms with van der Waals surface area (Å²) in [5.74, 6) is -2.68. The molecule has 0 radical (unpaired) electrons. The summed E-state index contributed by atoms with van der Waals surface area (Å²) >= 11 is 0. The van der Waals surface area contributed by atoms with Gasteiger partial charge in [0, 0.05) is 23.7 Å². The van der Waals surface area contributed by atoms with E-state index in [0.29, 0.717) is 17.3 Å². The third-order valence-electron chi connectivity index (χ3n) is 3.56. The monoisotopic (exact) mass is 329 g/mol. The lowest BCUT2D eigenvalue weighted by Crippen LogP contribution is -2.27. The van der Waals surface area contributed by atoms with Gasteiger partial charge in [0.25, 0.3) is 11.5 Å². The lowest BCUT2D eigenvalue weighted by atomic mass is 10.1. The molecule has 122 valence electrons. The van der Waals surface area contributed by atoms with Crippen LogP contribution in [0.5, 0.6) is 0 Å². The first-order valence-electron chi connectivity index (χ1n) is 7.27. The average molecular weight is 329 g/mol. The van der Waals surface area contributed by atoms with E-state index in [2.05, 4.69) is 10.4 Å². The van der Waals surface area contributed by atoms with E-state index in [1.807, 2.05) is 0 Å². The van der Waals surface area contributed by atoms with Crippen LogP contribution in [0, 0.1) is 11.6 Å². The maximum Gasteiger partial charge on any atom is 0.276 e. The smallest absolute Gasteiger partial charge is 0.276 e. The summed E-state index contributed by atoms with van der Waals surface area (Å²) in [7, 11) is 0. The van der Waals surface area contributed by atoms with Crippen molar-refractivity contribution in [2.75, 3.05) is 5.32 Å². The van der Waals surface area contributed by atoms with Crippen LogP contribution in [0.15, 0.2) is 47.3 Å². The van der Waals surface area contributed by atoms with Crippen LogP contribution in [-0.2, 0) is 6.54 Å². The van der Waals surface area contributed by atoms with Gasteiger partial charge < -0.3 is 5.32 Å². The number of fused-ring (bicyclic) bond motifs is 1. The molecule has 0 bridgehead atoms. The lowest BCUT2D eigenvalue weighted by molar-refractivity contribution is 0.102. The third-order valence-corrected chi connectivity index (χ3v) is 3.56. The normalized spacial score (nSPS) is 10.8. The second-order valence-corrected chi connectivity index (χ2v) is 5.10. The van der Waals surface area contributed by atoms with E-state index in [1.165, 1.54) is 10.7 Å². The Morgan fingerprint density at radius 2 is 1.83 bits per heavy atom. The Morgan fingerprint density at radius 3 is 2.50 bits per heavy atom. The molecule has 7 heteroatoms. The standard InChI is InChI=1S/C17H13F2N3O2/c1-2-22-17(24)12-6-4-3-5-11(12)15(21-22)16(23)20-10-7-8-13(18)14(19)9-10/h3-9H,2H2,1H3,(H,20,23). The topological polar surface area (TPSA) is 64.0 Å². The molecular weight excluding hydrogens is 316 g/mol. The summed E-state index contributed by atoms with van der Waals surface area (Å²) in [6.45, 7) is 2.04. The fourth-order valence-electron chi connectivity index (χ4n) is 2.38. The molecule has 0 saturated carbocycles. The van der Waals surface area contributed by atoms with E-state index >= 15 is 0 Å². The van der Waals surface area contributed by atoms with Crippen molar-refractivity contribution in [1.82, 2.24) is 9.78 Å². The minimum absolute atomic E-state index is 0.0387. The summed E-state index contributed by atoms with van der Waals surface area (Å²) < 4.78 is 27.4. The van der Waals surface area contributed by atoms with Crippen LogP contribution in [0.25, 0.3) is 10.8 Å². The van der Waals surface area contributed by atoms with Crippen LogP contribution in [0.3, 0.4) is 0 Å². The number of amides is 1. The Balaban J connectivity index is 2.08. The van der Waals surface area contributed by atoms with Crippen molar-refractivity contribution in [1.29, 1.82) is 0 Å². The number of aryl methyl sites for hydroxylation is 1. The molecule has 0 spiro atoms. The van der Waals surface area contributed by atoms with E-state index in [1.54, 1.807) is 31.2 Å². The van der Waals surface area contributed by atoms with Crippen LogP contribution in [0.2, 0.25) is 0 Å². The molecule has 0 aliphatic heterocycles. The molecule has 24 heavy (non-hydrogen) atoms. The van der Waals surface area contributed by atoms with Gasteiger partial charge >= 0.3 is 0 Å². The minimum Gasteiger partial charge on any atom is -0.320 e. The molecule has 3 rings (SSSR count). The Bertz CT molecular complexity index is 999. The van der Waals surface area contributed by atoms with E-state index in [9.17, 15) is 18.4 Å². The van der Waals surface area contributed by atoms with Crippen molar-refractivity contribution in [2.24, 2.45) is 0 Å². The lowest BCUT2D eigenvalue weighted by Gasteiger charge is -2.10. The number of rotatable bonds is 3. The Morgan fingerprint density at radius 1 is 1.12 bits per heavy atom. The highest BCUT2D eigenvalue weighted by Crippen LogP contribution is 2.17. The van der Waals surface area contributed by atoms with Crippen LogP contribution in [0.1, 0.15) is 17.4 Å². The Kier molecular flexibility index (Phi) is 4.07. The number of anilines is 1. The van der Waals surface area contributed by atoms with Gasteiger partial charge in [-0.2, -0.15) is 5.10 Å². The largest absolute Gasteiger partial charge is 0.320 e. The zero-order valence-electron chi connectivity index (χ0n) is 12.7. The van der Waals surface area contributed by atoms with Crippen LogP contribution in [0.4, 0.5) is 14.5 Å². The molecule has 1 amide bonds. The van der Waals surface area contributed by atoms with Gasteiger partial charge in [-0.25, -0.2) is 13.5 Å². The van der Waals surface area contributed by atoms with Gasteiger partial charge in [-0.15, -0.1) is 0 Å². The van der Waals surface area contributed by atoms with Crippen molar-refractivity contribution < 1.29 is 13.6 Å². The highest BCUT2D eigenvalue weighted by Gasteiger charge is 2.16. The number of hydrogen-bond acceptors (Lipinski definition) is 3. The summed E-state index contributed by atoms with van der Waals surface area (Å²) in [5.41, 5.74) is -0.159. The van der Waals surface area contributed by atoms with Gasteiger partial charge in [-0.3, -0.25) is 9.59 Å². The Hall–Kier alpha value is -3.09. The molecule has 2 aromatic carbocycles. The van der Waals surface area contributed by atoms with Crippen molar-refractivity contribution in [2.45, 2.75) is 13.5 Å². The highest BCUT2D eigenvalue weighted by molar-refractivity contribution is 6.11. The molecule has 0 aliphatic carbocycles. The molecule has 1 N–H and O–H groups in total. The molecule has 0 unspecified atom stereocenters. The predicted molar refractivity (Wildman–Crippen MR) is 86.0 cm³/mol. The first kappa shape index (κ1) is 15.8. The predicted octanol–water partition coefficient (Wildman–Crippen LogP) is 2.95. The molecule has 5 nitrogen and oxygen atoms in total. The number of hydrogen-bond donors (Lipinski definition) is 1. The Labute approximate surface area is 135 Å². The maximum atomic E-state index is 13.3. The second kappa shape index (κ2) is 6.19. The van der Waals surface area contributed by atoms with Gasteiger partial charge in [0.2, 0.25) is 0 Å². The number of aromatic nitrogens is 2. The fraction of sp³-hybridized carbons (Fsp3) is 0.118. The summed E-state index contributed by atoms with van der Waals surface area (Å²) in [6, 6.07) is 9.65. The van der Waals surface area contributed by atoms with Gasteiger partial charge in [0.1, 0.15) is 0 Å². The molecule has 3 aromatic rings. The number of carbonyl (C=O) groups excluding carboxylic acids is 1. The number of benzene rings is 2. The zero-order valence-corrected chi connectivity index (χ0v) is 12.7. The molecule has 0 saturated heterocycles. The van der Waals surface area contributed by atoms with Crippen molar-refractivity contribution in [3.05, 3.63) is 70.1 Å². The SMILES string of the molecule is CCn1nc(C(=O)Nc2ccc(F)c(F)c2)c2ccccc2c1=O. The van der Waals surface area contributed by atoms with E-state index in [-0.39, 0.29) is 16.9 Å². The molecule has 1 heterocycles. The first-order valence-corrected chi connectivity index (χ1v) is 7.27. The average Bonchev–Trinajstić information content (AvgIpc) is 2.58. The molecule has 1 aromatic heterocycles. The highest BCUT2D eigenvalue weighted by atomic mass is 19.2. The summed E-state index contributed by atoms with van der Waals surface area (Å²) in [4.78, 5) is 24.8. The van der Waals surface area contributed by atoms with Crippen LogP contribution >= 0.6 is 0 Å².